The van der Waals surface area contributed by atoms with Crippen LogP contribution in [-0.4, -0.2) is 61.9 Å². The molecule has 232 valence electrons. The molecule has 1 aromatic carbocycles. The summed E-state index contributed by atoms with van der Waals surface area (Å²) < 4.78 is 37.3. The Morgan fingerprint density at radius 3 is 2.57 bits per heavy atom. The second kappa shape index (κ2) is 11.9. The summed E-state index contributed by atoms with van der Waals surface area (Å²) in [5.74, 6) is -0.641. The molecule has 4 atom stereocenters. The van der Waals surface area contributed by atoms with E-state index in [1.807, 2.05) is 12.3 Å². The first-order valence-electron chi connectivity index (χ1n) is 15.1. The molecule has 0 aliphatic heterocycles. The summed E-state index contributed by atoms with van der Waals surface area (Å²) in [5, 5.41) is 15.5. The second-order valence-electron chi connectivity index (χ2n) is 12.4. The number of rotatable bonds is 6. The van der Waals surface area contributed by atoms with Crippen molar-refractivity contribution >= 4 is 11.6 Å². The van der Waals surface area contributed by atoms with Crippen molar-refractivity contribution in [1.29, 1.82) is 0 Å². The first kappa shape index (κ1) is 30.1. The number of carbonyl (C=O) groups excluding carboxylic acids is 1. The molecule has 3 N–H and O–H groups in total. The molecule has 11 heteroatoms. The molecule has 4 aromatic rings. The Bertz CT molecular complexity index is 1650. The third kappa shape index (κ3) is 5.43. The van der Waals surface area contributed by atoms with Crippen LogP contribution in [0.1, 0.15) is 73.9 Å². The largest absolute Gasteiger partial charge is 0.453 e. The van der Waals surface area contributed by atoms with Crippen LogP contribution in [0.3, 0.4) is 0 Å². The Morgan fingerprint density at radius 2 is 1.89 bits per heavy atom. The summed E-state index contributed by atoms with van der Waals surface area (Å²) in [6, 6.07) is 7.40. The summed E-state index contributed by atoms with van der Waals surface area (Å²) in [7, 11) is 3.09. The van der Waals surface area contributed by atoms with Crippen LogP contribution in [-0.2, 0) is 16.8 Å². The number of pyridine rings is 1. The summed E-state index contributed by atoms with van der Waals surface area (Å²) >= 11 is 0. The summed E-state index contributed by atoms with van der Waals surface area (Å²) in [6.07, 6.45) is 9.38. The lowest BCUT2D eigenvalue weighted by atomic mass is 9.72. The Hall–Kier alpha value is -3.96. The van der Waals surface area contributed by atoms with Gasteiger partial charge in [-0.1, -0.05) is 19.8 Å². The number of carbonyl (C=O) groups is 1. The molecule has 2 saturated carbocycles. The van der Waals surface area contributed by atoms with Gasteiger partial charge in [0.1, 0.15) is 17.5 Å². The van der Waals surface area contributed by atoms with E-state index in [4.69, 9.17) is 10.5 Å². The maximum atomic E-state index is 15.4. The minimum Gasteiger partial charge on any atom is -0.453 e. The number of imidazole rings is 1. The van der Waals surface area contributed by atoms with Crippen molar-refractivity contribution in [2.75, 3.05) is 14.2 Å². The Balaban J connectivity index is 1.28. The van der Waals surface area contributed by atoms with Crippen LogP contribution in [0.25, 0.3) is 16.8 Å². The van der Waals surface area contributed by atoms with Gasteiger partial charge in [0, 0.05) is 31.9 Å². The summed E-state index contributed by atoms with van der Waals surface area (Å²) in [6.45, 7) is 2.10. The van der Waals surface area contributed by atoms with E-state index in [1.54, 1.807) is 41.0 Å². The fraction of sp³-hybridized carbons (Fsp3) is 0.455. The molecule has 3 aromatic heterocycles. The highest BCUT2D eigenvalue weighted by Gasteiger charge is 2.39. The van der Waals surface area contributed by atoms with Gasteiger partial charge in [-0.05, 0) is 84.5 Å². The van der Waals surface area contributed by atoms with Crippen molar-refractivity contribution in [3.8, 4) is 11.3 Å². The van der Waals surface area contributed by atoms with Gasteiger partial charge in [-0.25, -0.2) is 23.1 Å². The van der Waals surface area contributed by atoms with Crippen LogP contribution in [0.4, 0.5) is 13.6 Å². The van der Waals surface area contributed by atoms with Crippen molar-refractivity contribution in [1.82, 2.24) is 24.5 Å². The molecule has 0 spiro atoms. The molecule has 9 nitrogen and oxygen atoms in total. The lowest BCUT2D eigenvalue weighted by Gasteiger charge is -2.43. The molecule has 44 heavy (non-hydrogen) atoms. The zero-order chi connectivity index (χ0) is 31.2. The summed E-state index contributed by atoms with van der Waals surface area (Å²) in [5.41, 5.74) is 8.35. The van der Waals surface area contributed by atoms with Crippen LogP contribution in [0.15, 0.2) is 48.9 Å². The van der Waals surface area contributed by atoms with Crippen molar-refractivity contribution in [2.45, 2.75) is 75.5 Å². The van der Waals surface area contributed by atoms with Crippen molar-refractivity contribution < 1.29 is 23.4 Å². The highest BCUT2D eigenvalue weighted by atomic mass is 19.1. The number of hydrogen-bond donors (Lipinski definition) is 2. The molecule has 2 aliphatic carbocycles. The molecule has 1 amide bonds. The number of nitrogens with two attached hydrogens (primary N) is 1. The molecule has 6 rings (SSSR count). The molecule has 2 aliphatic rings. The van der Waals surface area contributed by atoms with E-state index in [0.717, 1.165) is 30.4 Å². The minimum atomic E-state index is -1.20. The Labute approximate surface area is 255 Å². The second-order valence-corrected chi connectivity index (χ2v) is 12.4. The Kier molecular flexibility index (Phi) is 8.10. The number of ether oxygens (including phenoxy) is 1. The molecular weight excluding hydrogens is 566 g/mol. The average molecular weight is 605 g/mol. The van der Waals surface area contributed by atoms with Gasteiger partial charge in [0.25, 0.3) is 0 Å². The molecule has 0 saturated heterocycles. The molecule has 2 fully saturated rings. The zero-order valence-corrected chi connectivity index (χ0v) is 25.2. The van der Waals surface area contributed by atoms with Gasteiger partial charge in [0.05, 0.1) is 41.7 Å². The zero-order valence-electron chi connectivity index (χ0n) is 25.2. The maximum Gasteiger partial charge on any atom is 0.409 e. The summed E-state index contributed by atoms with van der Waals surface area (Å²) in [4.78, 5) is 22.8. The maximum absolute atomic E-state index is 15.4. The van der Waals surface area contributed by atoms with Gasteiger partial charge < -0.3 is 20.5 Å². The third-order valence-corrected chi connectivity index (χ3v) is 9.60. The number of hydrogen-bond acceptors (Lipinski definition) is 7. The first-order chi connectivity index (χ1) is 21.1. The topological polar surface area (TPSA) is 119 Å². The molecule has 3 heterocycles. The fourth-order valence-corrected chi connectivity index (χ4v) is 7.44. The van der Waals surface area contributed by atoms with E-state index in [1.165, 1.54) is 19.2 Å². The number of likely N-dealkylation sites (N-methyl/N-ethyl adjacent to an activating group) is 1. The molecule has 0 bridgehead atoms. The van der Waals surface area contributed by atoms with Gasteiger partial charge in [0.15, 0.2) is 0 Å². The van der Waals surface area contributed by atoms with E-state index < -0.39 is 23.3 Å². The molecule has 0 unspecified atom stereocenters. The van der Waals surface area contributed by atoms with Gasteiger partial charge >= 0.3 is 6.09 Å². The molecule has 0 radical (unpaired) electrons. The van der Waals surface area contributed by atoms with Crippen LogP contribution >= 0.6 is 0 Å². The quantitative estimate of drug-likeness (QED) is 0.305. The SMILES string of the molecule is COC(=O)N(C)[C@@H]1[C@H](N)C[C@H](c2ccncc2Cc2ncc3ccc(-c4c(F)cc(C5(O)CCCC5)cc4F)nn23)C[C@@H]1C. The fourth-order valence-electron chi connectivity index (χ4n) is 7.44. The minimum absolute atomic E-state index is 0.135. The monoisotopic (exact) mass is 604 g/mol. The Morgan fingerprint density at radius 1 is 1.16 bits per heavy atom. The number of methoxy groups -OCH3 is 1. The number of fused-ring (bicyclic) bond motifs is 1. The van der Waals surface area contributed by atoms with Crippen LogP contribution in [0.5, 0.6) is 0 Å². The number of halogens is 2. The van der Waals surface area contributed by atoms with E-state index in [2.05, 4.69) is 22.0 Å². The van der Waals surface area contributed by atoms with Gasteiger partial charge in [-0.15, -0.1) is 0 Å². The molecular formula is C33H38F2N6O3. The predicted octanol–water partition coefficient (Wildman–Crippen LogP) is 5.33. The lowest BCUT2D eigenvalue weighted by molar-refractivity contribution is 0.0438. The average Bonchev–Trinajstić information content (AvgIpc) is 3.63. The van der Waals surface area contributed by atoms with Crippen molar-refractivity contribution in [2.24, 2.45) is 11.7 Å². The standard InChI is InChI=1S/C33H38F2N6O3/c1-19-12-20(13-27(36)31(19)40(2)32(42)44-3)24-8-11-37-17-21(24)14-29-38-18-23-6-7-28(39-41(23)29)30-25(34)15-22(16-26(30)35)33(43)9-4-5-10-33/h6-8,11,15-20,27,31,43H,4-5,9-10,12-14,36H2,1-3H3/t19-,20+,27+,31-/m0/s1. The number of amides is 1. The number of benzene rings is 1. The lowest BCUT2D eigenvalue weighted by Crippen LogP contribution is -2.55. The smallest absolute Gasteiger partial charge is 0.409 e. The number of aliphatic hydroxyl groups is 1. The van der Waals surface area contributed by atoms with Crippen molar-refractivity contribution in [3.05, 3.63) is 83.1 Å². The van der Waals surface area contributed by atoms with Crippen LogP contribution in [0, 0.1) is 17.6 Å². The van der Waals surface area contributed by atoms with E-state index >= 15 is 8.78 Å². The van der Waals surface area contributed by atoms with E-state index in [9.17, 15) is 9.90 Å². The highest BCUT2D eigenvalue weighted by molar-refractivity contribution is 5.67. The highest BCUT2D eigenvalue weighted by Crippen LogP contribution is 2.41. The van der Waals surface area contributed by atoms with Crippen LogP contribution < -0.4 is 5.73 Å². The predicted molar refractivity (Wildman–Crippen MR) is 161 cm³/mol. The number of nitrogens with zero attached hydrogens (tertiary/aromatic N) is 5. The van der Waals surface area contributed by atoms with E-state index in [-0.39, 0.29) is 40.7 Å². The normalized spacial score (nSPS) is 23.2. The van der Waals surface area contributed by atoms with Gasteiger partial charge in [-0.2, -0.15) is 5.10 Å². The van der Waals surface area contributed by atoms with Gasteiger partial charge in [0.2, 0.25) is 0 Å². The van der Waals surface area contributed by atoms with Gasteiger partial charge in [-0.3, -0.25) is 4.98 Å². The van der Waals surface area contributed by atoms with Crippen molar-refractivity contribution in [3.63, 3.8) is 0 Å². The first-order valence-corrected chi connectivity index (χ1v) is 15.1. The number of aromatic nitrogens is 4. The van der Waals surface area contributed by atoms with E-state index in [0.29, 0.717) is 37.0 Å². The van der Waals surface area contributed by atoms with Crippen LogP contribution in [0.2, 0.25) is 0 Å². The third-order valence-electron chi connectivity index (χ3n) is 9.60.